The molecule has 0 bridgehead atoms. The molecule has 0 aliphatic rings. The van der Waals surface area contributed by atoms with Gasteiger partial charge in [-0.05, 0) is 79.6 Å². The first kappa shape index (κ1) is 15.8. The van der Waals surface area contributed by atoms with E-state index in [1.807, 2.05) is 0 Å². The van der Waals surface area contributed by atoms with Crippen LogP contribution in [0.5, 0.6) is 0 Å². The molecule has 0 saturated heterocycles. The summed E-state index contributed by atoms with van der Waals surface area (Å²) in [6.07, 6.45) is 1.01. The normalized spacial score (nSPS) is 12.5. The van der Waals surface area contributed by atoms with E-state index in [1.165, 1.54) is 33.4 Å². The molecule has 20 heavy (non-hydrogen) atoms. The van der Waals surface area contributed by atoms with E-state index < -0.39 is 0 Å². The molecule has 0 aromatic heterocycles. The smallest absolute Gasteiger partial charge is 0.0441 e. The Labute approximate surface area is 138 Å². The number of benzene rings is 2. The highest BCUT2D eigenvalue weighted by Gasteiger charge is 2.16. The second-order valence-corrected chi connectivity index (χ2v) is 7.49. The van der Waals surface area contributed by atoms with E-state index in [9.17, 15) is 0 Å². The maximum absolute atomic E-state index is 3.90. The summed E-state index contributed by atoms with van der Waals surface area (Å²) < 4.78 is 1.13. The van der Waals surface area contributed by atoms with Crippen molar-refractivity contribution in [2.75, 3.05) is 0 Å². The number of alkyl halides is 1. The third-order valence-corrected chi connectivity index (χ3v) is 5.38. The maximum Gasteiger partial charge on any atom is 0.0441 e. The minimum Gasteiger partial charge on any atom is -0.0835 e. The monoisotopic (exact) mass is 394 g/mol. The summed E-state index contributed by atoms with van der Waals surface area (Å²) in [5, 5.41) is 0. The molecule has 0 N–H and O–H groups in total. The predicted molar refractivity (Wildman–Crippen MR) is 94.9 cm³/mol. The molecule has 0 heterocycles. The van der Waals surface area contributed by atoms with Crippen LogP contribution in [0, 0.1) is 27.7 Å². The van der Waals surface area contributed by atoms with Gasteiger partial charge >= 0.3 is 0 Å². The van der Waals surface area contributed by atoms with Gasteiger partial charge in [0.25, 0.3) is 0 Å². The van der Waals surface area contributed by atoms with E-state index in [1.54, 1.807) is 0 Å². The van der Waals surface area contributed by atoms with Crippen molar-refractivity contribution in [2.45, 2.75) is 38.9 Å². The molecular formula is C18H20Br2. The number of rotatable bonds is 3. The molecule has 1 unspecified atom stereocenters. The maximum atomic E-state index is 3.90. The SMILES string of the molecule is Cc1cc(C)c(C)c(C(Br)Cc2ccc(Br)cc2)c1C. The van der Waals surface area contributed by atoms with Crippen molar-refractivity contribution in [1.82, 2.24) is 0 Å². The Kier molecular flexibility index (Phi) is 5.09. The van der Waals surface area contributed by atoms with Gasteiger partial charge in [0, 0.05) is 9.30 Å². The number of hydrogen-bond donors (Lipinski definition) is 0. The molecule has 0 radical (unpaired) electrons. The first-order chi connectivity index (χ1) is 9.40. The molecule has 2 aromatic rings. The number of aryl methyl sites for hydroxylation is 2. The molecule has 2 rings (SSSR count). The zero-order valence-electron chi connectivity index (χ0n) is 12.4. The van der Waals surface area contributed by atoms with Crippen molar-refractivity contribution in [2.24, 2.45) is 0 Å². The molecular weight excluding hydrogens is 376 g/mol. The molecule has 0 aliphatic heterocycles. The van der Waals surface area contributed by atoms with Crippen molar-refractivity contribution < 1.29 is 0 Å². The van der Waals surface area contributed by atoms with Crippen LogP contribution < -0.4 is 0 Å². The van der Waals surface area contributed by atoms with Crippen LogP contribution in [0.2, 0.25) is 0 Å². The molecule has 0 fully saturated rings. The van der Waals surface area contributed by atoms with E-state index in [4.69, 9.17) is 0 Å². The van der Waals surface area contributed by atoms with Crippen LogP contribution in [0.25, 0.3) is 0 Å². The summed E-state index contributed by atoms with van der Waals surface area (Å²) in [7, 11) is 0. The fourth-order valence-corrected chi connectivity index (χ4v) is 3.97. The zero-order valence-corrected chi connectivity index (χ0v) is 15.6. The van der Waals surface area contributed by atoms with Gasteiger partial charge in [-0.15, -0.1) is 0 Å². The molecule has 0 saturated carbocycles. The van der Waals surface area contributed by atoms with Crippen molar-refractivity contribution in [3.8, 4) is 0 Å². The topological polar surface area (TPSA) is 0 Å². The van der Waals surface area contributed by atoms with Crippen molar-refractivity contribution in [3.63, 3.8) is 0 Å². The van der Waals surface area contributed by atoms with Gasteiger partial charge in [0.05, 0.1) is 0 Å². The van der Waals surface area contributed by atoms with Crippen LogP contribution in [0.3, 0.4) is 0 Å². The van der Waals surface area contributed by atoms with Crippen LogP contribution in [0.1, 0.15) is 38.2 Å². The van der Waals surface area contributed by atoms with Crippen LogP contribution >= 0.6 is 31.9 Å². The highest BCUT2D eigenvalue weighted by atomic mass is 79.9. The van der Waals surface area contributed by atoms with Gasteiger partial charge in [-0.25, -0.2) is 0 Å². The van der Waals surface area contributed by atoms with Gasteiger partial charge in [-0.2, -0.15) is 0 Å². The fourth-order valence-electron chi connectivity index (χ4n) is 2.65. The van der Waals surface area contributed by atoms with Crippen LogP contribution in [0.4, 0.5) is 0 Å². The molecule has 0 nitrogen and oxygen atoms in total. The summed E-state index contributed by atoms with van der Waals surface area (Å²) in [6, 6.07) is 10.9. The number of hydrogen-bond acceptors (Lipinski definition) is 0. The second-order valence-electron chi connectivity index (χ2n) is 5.47. The minimum atomic E-state index is 0.363. The fraction of sp³-hybridized carbons (Fsp3) is 0.333. The Balaban J connectivity index is 2.34. The van der Waals surface area contributed by atoms with E-state index in [0.29, 0.717) is 4.83 Å². The molecule has 2 aromatic carbocycles. The highest BCUT2D eigenvalue weighted by Crippen LogP contribution is 2.35. The van der Waals surface area contributed by atoms with Crippen LogP contribution in [-0.4, -0.2) is 0 Å². The molecule has 106 valence electrons. The molecule has 2 heteroatoms. The largest absolute Gasteiger partial charge is 0.0835 e. The molecule has 0 aliphatic carbocycles. The van der Waals surface area contributed by atoms with Crippen molar-refractivity contribution >= 4 is 31.9 Å². The van der Waals surface area contributed by atoms with E-state index in [2.05, 4.69) is 89.9 Å². The van der Waals surface area contributed by atoms with Gasteiger partial charge in [-0.1, -0.05) is 50.1 Å². The standard InChI is InChI=1S/C18H20Br2/c1-11-9-12(2)14(4)18(13(11)3)17(20)10-15-5-7-16(19)8-6-15/h5-9,17H,10H2,1-4H3. The van der Waals surface area contributed by atoms with Crippen molar-refractivity contribution in [3.05, 3.63) is 68.2 Å². The average molecular weight is 396 g/mol. The second kappa shape index (κ2) is 6.44. The molecule has 1 atom stereocenters. The lowest BCUT2D eigenvalue weighted by atomic mass is 9.90. The molecule has 0 amide bonds. The minimum absolute atomic E-state index is 0.363. The summed E-state index contributed by atoms with van der Waals surface area (Å²) in [4.78, 5) is 0.363. The van der Waals surface area contributed by atoms with Gasteiger partial charge in [-0.3, -0.25) is 0 Å². The van der Waals surface area contributed by atoms with E-state index in [0.717, 1.165) is 10.9 Å². The van der Waals surface area contributed by atoms with Gasteiger partial charge in [0.2, 0.25) is 0 Å². The quantitative estimate of drug-likeness (QED) is 0.530. The van der Waals surface area contributed by atoms with Gasteiger partial charge < -0.3 is 0 Å². The van der Waals surface area contributed by atoms with Crippen LogP contribution in [-0.2, 0) is 6.42 Å². The van der Waals surface area contributed by atoms with Gasteiger partial charge in [0.1, 0.15) is 0 Å². The predicted octanol–water partition coefficient (Wildman–Crippen LogP) is 6.36. The zero-order chi connectivity index (χ0) is 14.9. The first-order valence-electron chi connectivity index (χ1n) is 6.86. The number of halogens is 2. The Morgan fingerprint density at radius 2 is 1.40 bits per heavy atom. The first-order valence-corrected chi connectivity index (χ1v) is 8.57. The lowest BCUT2D eigenvalue weighted by molar-refractivity contribution is 0.918. The van der Waals surface area contributed by atoms with E-state index >= 15 is 0 Å². The lowest BCUT2D eigenvalue weighted by Gasteiger charge is -2.20. The Morgan fingerprint density at radius 1 is 0.900 bits per heavy atom. The van der Waals surface area contributed by atoms with Crippen molar-refractivity contribution in [1.29, 1.82) is 0 Å². The summed E-state index contributed by atoms with van der Waals surface area (Å²) in [5.74, 6) is 0. The molecule has 0 spiro atoms. The van der Waals surface area contributed by atoms with Crippen LogP contribution in [0.15, 0.2) is 34.8 Å². The highest BCUT2D eigenvalue weighted by molar-refractivity contribution is 9.10. The third kappa shape index (κ3) is 3.35. The lowest BCUT2D eigenvalue weighted by Crippen LogP contribution is -2.04. The Hall–Kier alpha value is -0.600. The summed E-state index contributed by atoms with van der Waals surface area (Å²) in [6.45, 7) is 8.86. The summed E-state index contributed by atoms with van der Waals surface area (Å²) in [5.41, 5.74) is 8.38. The Morgan fingerprint density at radius 3 is 1.90 bits per heavy atom. The van der Waals surface area contributed by atoms with Gasteiger partial charge in [0.15, 0.2) is 0 Å². The summed E-state index contributed by atoms with van der Waals surface area (Å²) >= 11 is 7.39. The Bertz CT molecular complexity index is 586. The van der Waals surface area contributed by atoms with E-state index in [-0.39, 0.29) is 0 Å². The third-order valence-electron chi connectivity index (χ3n) is 4.07. The average Bonchev–Trinajstić information content (AvgIpc) is 2.39.